The lowest BCUT2D eigenvalue weighted by Crippen LogP contribution is -2.24. The Labute approximate surface area is 135 Å². The summed E-state index contributed by atoms with van der Waals surface area (Å²) in [6.45, 7) is -0.187. The third-order valence-electron chi connectivity index (χ3n) is 3.63. The molecule has 0 bridgehead atoms. The maximum Gasteiger partial charge on any atom is 0.0862 e. The number of fused-ring (bicyclic) bond motifs is 1. The molecule has 4 nitrogen and oxygen atoms in total. The zero-order valence-electron chi connectivity index (χ0n) is 12.1. The van der Waals surface area contributed by atoms with E-state index in [0.29, 0.717) is 15.8 Å². The molecule has 3 aromatic rings. The van der Waals surface area contributed by atoms with E-state index in [9.17, 15) is 19.2 Å². The van der Waals surface area contributed by atoms with Gasteiger partial charge >= 0.3 is 0 Å². The van der Waals surface area contributed by atoms with Crippen molar-refractivity contribution in [2.75, 3.05) is 0 Å². The summed E-state index contributed by atoms with van der Waals surface area (Å²) in [7, 11) is -1.70. The van der Waals surface area contributed by atoms with Crippen LogP contribution in [0.1, 0.15) is 15.9 Å². The van der Waals surface area contributed by atoms with Gasteiger partial charge in [0.2, 0.25) is 0 Å². The first-order valence-electron chi connectivity index (χ1n) is 6.97. The van der Waals surface area contributed by atoms with Crippen molar-refractivity contribution in [1.82, 2.24) is 0 Å². The Morgan fingerprint density at radius 3 is 2.30 bits per heavy atom. The number of carbonyl (C=O) groups is 1. The van der Waals surface area contributed by atoms with Crippen molar-refractivity contribution in [2.24, 2.45) is 0 Å². The van der Waals surface area contributed by atoms with E-state index in [1.807, 2.05) is 18.2 Å². The maximum absolute atomic E-state index is 13.0. The summed E-state index contributed by atoms with van der Waals surface area (Å²) in [5.41, 5.74) is 0.557. The number of benzene rings is 3. The average molecular weight is 325 g/mol. The summed E-state index contributed by atoms with van der Waals surface area (Å²) < 4.78 is 13.0. The lowest BCUT2D eigenvalue weighted by Gasteiger charge is -2.13. The van der Waals surface area contributed by atoms with E-state index in [1.165, 1.54) is 12.1 Å². The Hall–Kier alpha value is -2.50. The van der Waals surface area contributed by atoms with Gasteiger partial charge in [0.05, 0.1) is 33.2 Å². The van der Waals surface area contributed by atoms with Crippen LogP contribution >= 0.6 is 0 Å². The molecule has 1 N–H and O–H groups in total. The van der Waals surface area contributed by atoms with Gasteiger partial charge < -0.3 is 15.0 Å². The predicted molar refractivity (Wildman–Crippen MR) is 85.3 cm³/mol. The van der Waals surface area contributed by atoms with Crippen molar-refractivity contribution in [3.63, 3.8) is 0 Å². The summed E-state index contributed by atoms with van der Waals surface area (Å²) in [6.07, 6.45) is 0. The minimum Gasteiger partial charge on any atom is -0.545 e. The van der Waals surface area contributed by atoms with Gasteiger partial charge in [0.1, 0.15) is 0 Å². The molecule has 3 rings (SSSR count). The van der Waals surface area contributed by atoms with Crippen LogP contribution < -0.4 is 5.11 Å². The lowest BCUT2D eigenvalue weighted by molar-refractivity contribution is -0.255. The third-order valence-corrected chi connectivity index (χ3v) is 5.12. The van der Waals surface area contributed by atoms with E-state index in [1.54, 1.807) is 30.3 Å². The van der Waals surface area contributed by atoms with E-state index in [-0.39, 0.29) is 17.1 Å². The van der Waals surface area contributed by atoms with E-state index in [2.05, 4.69) is 0 Å². The van der Waals surface area contributed by atoms with Crippen LogP contribution in [0, 0.1) is 0 Å². The number of hydrogen-bond acceptors (Lipinski definition) is 4. The lowest BCUT2D eigenvalue weighted by atomic mass is 10.1. The van der Waals surface area contributed by atoms with Gasteiger partial charge in [0.25, 0.3) is 0 Å². The Morgan fingerprint density at radius 2 is 1.61 bits per heavy atom. The zero-order valence-corrected chi connectivity index (χ0v) is 12.9. The monoisotopic (exact) mass is 325 g/mol. The highest BCUT2D eigenvalue weighted by Crippen LogP contribution is 2.29. The Bertz CT molecular complexity index is 913. The molecule has 0 radical (unpaired) electrons. The van der Waals surface area contributed by atoms with E-state index in [0.717, 1.165) is 5.39 Å². The predicted octanol–water partition coefficient (Wildman–Crippen LogP) is 1.86. The molecule has 0 aliphatic rings. The minimum atomic E-state index is -1.70. The van der Waals surface area contributed by atoms with Gasteiger partial charge in [0, 0.05) is 10.9 Å². The summed E-state index contributed by atoms with van der Waals surface area (Å²) in [5.74, 6) is -1.36. The van der Waals surface area contributed by atoms with Crippen molar-refractivity contribution in [3.8, 4) is 0 Å². The highest BCUT2D eigenvalue weighted by Gasteiger charge is 2.16. The molecular formula is C18H13O4S-. The van der Waals surface area contributed by atoms with E-state index in [4.69, 9.17) is 0 Å². The molecule has 0 heterocycles. The fraction of sp³-hybridized carbons (Fsp3) is 0.0556. The summed E-state index contributed by atoms with van der Waals surface area (Å²) in [5, 5.41) is 22.3. The summed E-state index contributed by atoms with van der Waals surface area (Å²) in [6, 6.07) is 16.8. The van der Waals surface area contributed by atoms with Crippen LogP contribution in [0.3, 0.4) is 0 Å². The molecule has 116 valence electrons. The molecule has 5 heteroatoms. The van der Waals surface area contributed by atoms with Crippen LogP contribution in [0.5, 0.6) is 0 Å². The van der Waals surface area contributed by atoms with Gasteiger partial charge in [-0.05, 0) is 23.1 Å². The second-order valence-electron chi connectivity index (χ2n) is 4.98. The number of carboxylic acid groups (broad SMARTS) is 1. The highest BCUT2D eigenvalue weighted by molar-refractivity contribution is 7.85. The molecule has 0 fully saturated rings. The smallest absolute Gasteiger partial charge is 0.0862 e. The Balaban J connectivity index is 2.26. The van der Waals surface area contributed by atoms with Crippen molar-refractivity contribution in [2.45, 2.75) is 16.4 Å². The fourth-order valence-electron chi connectivity index (χ4n) is 2.58. The first-order chi connectivity index (χ1) is 11.1. The zero-order chi connectivity index (χ0) is 16.4. The average Bonchev–Trinajstić information content (AvgIpc) is 2.60. The number of aromatic carboxylic acids is 1. The number of carbonyl (C=O) groups excluding carboxylic acids is 1. The van der Waals surface area contributed by atoms with Crippen molar-refractivity contribution in [1.29, 1.82) is 0 Å². The second-order valence-corrected chi connectivity index (χ2v) is 6.40. The molecule has 0 unspecified atom stereocenters. The van der Waals surface area contributed by atoms with Crippen molar-refractivity contribution >= 4 is 27.5 Å². The van der Waals surface area contributed by atoms with Crippen LogP contribution in [-0.4, -0.2) is 15.3 Å². The normalized spacial score (nSPS) is 12.2. The largest absolute Gasteiger partial charge is 0.545 e. The van der Waals surface area contributed by atoms with Gasteiger partial charge in [-0.1, -0.05) is 48.5 Å². The molecular weight excluding hydrogens is 312 g/mol. The first kappa shape index (κ1) is 15.4. The number of rotatable bonds is 4. The highest BCUT2D eigenvalue weighted by atomic mass is 32.2. The number of aliphatic hydroxyl groups excluding tert-OH is 1. The Kier molecular flexibility index (Phi) is 4.23. The summed E-state index contributed by atoms with van der Waals surface area (Å²) in [4.78, 5) is 11.9. The topological polar surface area (TPSA) is 77.4 Å². The quantitative estimate of drug-likeness (QED) is 0.794. The maximum atomic E-state index is 13.0. The molecule has 0 aliphatic carbocycles. The van der Waals surface area contributed by atoms with Crippen LogP contribution in [-0.2, 0) is 17.4 Å². The molecule has 0 amide bonds. The second kappa shape index (κ2) is 6.32. The van der Waals surface area contributed by atoms with Crippen LogP contribution in [0.15, 0.2) is 70.5 Å². The Morgan fingerprint density at radius 1 is 0.957 bits per heavy atom. The van der Waals surface area contributed by atoms with Gasteiger partial charge in [0.15, 0.2) is 0 Å². The van der Waals surface area contributed by atoms with Crippen LogP contribution in [0.2, 0.25) is 0 Å². The molecule has 0 aromatic heterocycles. The molecule has 23 heavy (non-hydrogen) atoms. The molecule has 3 aromatic carbocycles. The van der Waals surface area contributed by atoms with Gasteiger partial charge in [-0.25, -0.2) is 4.21 Å². The summed E-state index contributed by atoms with van der Waals surface area (Å²) >= 11 is 0. The first-order valence-corrected chi connectivity index (χ1v) is 8.12. The van der Waals surface area contributed by atoms with Gasteiger partial charge in [-0.15, -0.1) is 0 Å². The van der Waals surface area contributed by atoms with E-state index < -0.39 is 16.8 Å². The molecule has 1 atom stereocenters. The number of hydrogen-bond donors (Lipinski definition) is 1. The number of carboxylic acids is 1. The van der Waals surface area contributed by atoms with Crippen molar-refractivity contribution < 1.29 is 19.2 Å². The van der Waals surface area contributed by atoms with Crippen LogP contribution in [0.4, 0.5) is 0 Å². The molecule has 0 spiro atoms. The van der Waals surface area contributed by atoms with Gasteiger partial charge in [-0.2, -0.15) is 0 Å². The standard InChI is InChI=1S/C18H14O4S/c19-11-13-7-3-5-12-6-4-10-16(17(12)13)23(22)15-9-2-1-8-14(15)18(20)21/h1-10,19H,11H2,(H,20,21)/p-1/t23-/m1/s1. The third kappa shape index (κ3) is 2.76. The molecule has 0 saturated heterocycles. The SMILES string of the molecule is O=C([O-])c1ccccc1[S@@](=O)c1cccc2cccc(CO)c12. The van der Waals surface area contributed by atoms with Gasteiger partial charge in [-0.3, -0.25) is 0 Å². The number of aliphatic hydroxyl groups is 1. The molecule has 0 saturated carbocycles. The molecule has 0 aliphatic heterocycles. The minimum absolute atomic E-state index is 0.0932. The van der Waals surface area contributed by atoms with E-state index >= 15 is 0 Å². The fourth-order valence-corrected chi connectivity index (χ4v) is 4.01. The van der Waals surface area contributed by atoms with Crippen molar-refractivity contribution in [3.05, 3.63) is 71.8 Å². The van der Waals surface area contributed by atoms with Crippen LogP contribution in [0.25, 0.3) is 10.8 Å².